The van der Waals surface area contributed by atoms with Gasteiger partial charge in [0.05, 0.1) is 10.3 Å². The van der Waals surface area contributed by atoms with Crippen molar-refractivity contribution in [2.45, 2.75) is 13.3 Å². The van der Waals surface area contributed by atoms with Crippen LogP contribution in [0.1, 0.15) is 18.9 Å². The summed E-state index contributed by atoms with van der Waals surface area (Å²) >= 11 is 1.29. The summed E-state index contributed by atoms with van der Waals surface area (Å²) in [6.07, 6.45) is 7.79. The number of carbonyl (C=O) groups is 1. The maximum absolute atomic E-state index is 11.0. The molecule has 1 heterocycles. The van der Waals surface area contributed by atoms with Gasteiger partial charge in [-0.15, -0.1) is 0 Å². The lowest BCUT2D eigenvalue weighted by Crippen LogP contribution is -1.91. The summed E-state index contributed by atoms with van der Waals surface area (Å²) in [5, 5.41) is 12.5. The average molecular weight is 302 g/mol. The number of nitro groups is 1. The predicted octanol–water partition coefficient (Wildman–Crippen LogP) is 3.83. The highest BCUT2D eigenvalue weighted by Crippen LogP contribution is 2.28. The van der Waals surface area contributed by atoms with E-state index >= 15 is 0 Å². The van der Waals surface area contributed by atoms with Gasteiger partial charge in [-0.2, -0.15) is 0 Å². The van der Waals surface area contributed by atoms with Crippen LogP contribution in [0.15, 0.2) is 36.7 Å². The summed E-state index contributed by atoms with van der Waals surface area (Å²) < 4.78 is 0. The van der Waals surface area contributed by atoms with E-state index in [-0.39, 0.29) is 10.8 Å². The van der Waals surface area contributed by atoms with Crippen molar-refractivity contribution < 1.29 is 9.72 Å². The molecule has 0 saturated carbocycles. The number of benzene rings is 1. The Morgan fingerprint density at radius 2 is 2.19 bits per heavy atom. The third kappa shape index (κ3) is 3.88. The van der Waals surface area contributed by atoms with Crippen molar-refractivity contribution in [3.05, 3.63) is 52.3 Å². The van der Waals surface area contributed by atoms with Crippen LogP contribution in [0.5, 0.6) is 0 Å². The number of thioether (sulfide) groups is 1. The number of allylic oxidation sites excluding steroid dienone is 1. The normalized spacial score (nSPS) is 11.1. The Morgan fingerprint density at radius 3 is 2.90 bits per heavy atom. The summed E-state index contributed by atoms with van der Waals surface area (Å²) in [5.41, 5.74) is 0.966. The highest BCUT2D eigenvalue weighted by atomic mass is 32.2. The van der Waals surface area contributed by atoms with Gasteiger partial charge in [0.25, 0.3) is 5.69 Å². The molecule has 0 fully saturated rings. The molecule has 0 amide bonds. The van der Waals surface area contributed by atoms with E-state index in [0.717, 1.165) is 23.1 Å². The smallest absolute Gasteiger partial charge is 0.278 e. The van der Waals surface area contributed by atoms with Crippen LogP contribution in [0.2, 0.25) is 0 Å². The third-order valence-electron chi connectivity index (χ3n) is 2.91. The standard InChI is InChI=1S/C15H14N2O3S/c1-11(18)21-9-3-2-4-12-5-6-15(17(19)20)14-10-16-8-7-13(12)14/h2,4-8,10H,3,9H2,1H3. The van der Waals surface area contributed by atoms with Crippen LogP contribution >= 0.6 is 11.8 Å². The molecule has 6 heteroatoms. The van der Waals surface area contributed by atoms with Gasteiger partial charge in [0, 0.05) is 31.1 Å². The van der Waals surface area contributed by atoms with E-state index in [1.807, 2.05) is 12.2 Å². The van der Waals surface area contributed by atoms with Crippen LogP contribution in [0.4, 0.5) is 5.69 Å². The van der Waals surface area contributed by atoms with Crippen molar-refractivity contribution in [2.75, 3.05) is 5.75 Å². The average Bonchev–Trinajstić information content (AvgIpc) is 2.46. The first-order valence-corrected chi connectivity index (χ1v) is 7.39. The molecule has 5 nitrogen and oxygen atoms in total. The zero-order valence-electron chi connectivity index (χ0n) is 11.5. The lowest BCUT2D eigenvalue weighted by Gasteiger charge is -2.03. The van der Waals surface area contributed by atoms with Crippen LogP contribution in [0, 0.1) is 10.1 Å². The molecule has 0 unspecified atom stereocenters. The number of hydrogen-bond acceptors (Lipinski definition) is 5. The van der Waals surface area contributed by atoms with Crippen molar-refractivity contribution in [1.29, 1.82) is 0 Å². The Morgan fingerprint density at radius 1 is 1.38 bits per heavy atom. The molecule has 1 aromatic carbocycles. The zero-order chi connectivity index (χ0) is 15.2. The maximum atomic E-state index is 11.0. The Bertz CT molecular complexity index is 713. The molecule has 0 spiro atoms. The molecule has 0 atom stereocenters. The second-order valence-corrected chi connectivity index (χ2v) is 5.66. The molecule has 1 aromatic heterocycles. The molecule has 21 heavy (non-hydrogen) atoms. The molecular weight excluding hydrogens is 288 g/mol. The van der Waals surface area contributed by atoms with Gasteiger partial charge < -0.3 is 0 Å². The third-order valence-corrected chi connectivity index (χ3v) is 3.76. The molecule has 0 saturated heterocycles. The molecule has 0 bridgehead atoms. The molecular formula is C15H14N2O3S. The van der Waals surface area contributed by atoms with Crippen LogP contribution in [-0.4, -0.2) is 20.8 Å². The molecule has 0 radical (unpaired) electrons. The van der Waals surface area contributed by atoms with Gasteiger partial charge in [0.2, 0.25) is 0 Å². The molecule has 2 rings (SSSR count). The van der Waals surface area contributed by atoms with Crippen molar-refractivity contribution in [2.24, 2.45) is 0 Å². The number of non-ortho nitro benzene ring substituents is 1. The Kier molecular flexibility index (Phi) is 5.05. The van der Waals surface area contributed by atoms with Crippen LogP contribution in [0.3, 0.4) is 0 Å². The van der Waals surface area contributed by atoms with Gasteiger partial charge in [0.1, 0.15) is 0 Å². The van der Waals surface area contributed by atoms with Gasteiger partial charge in [-0.1, -0.05) is 23.9 Å². The highest BCUT2D eigenvalue weighted by molar-refractivity contribution is 8.13. The van der Waals surface area contributed by atoms with Crippen LogP contribution in [-0.2, 0) is 4.79 Å². The molecule has 0 aliphatic heterocycles. The predicted molar refractivity (Wildman–Crippen MR) is 85.2 cm³/mol. The number of rotatable bonds is 5. The fraction of sp³-hybridized carbons (Fsp3) is 0.200. The minimum atomic E-state index is -0.402. The van der Waals surface area contributed by atoms with Gasteiger partial charge >= 0.3 is 0 Å². The fourth-order valence-electron chi connectivity index (χ4n) is 1.98. The van der Waals surface area contributed by atoms with Crippen molar-refractivity contribution in [3.8, 4) is 0 Å². The first-order chi connectivity index (χ1) is 10.1. The van der Waals surface area contributed by atoms with Crippen molar-refractivity contribution in [3.63, 3.8) is 0 Å². The number of nitro benzene ring substituents is 1. The van der Waals surface area contributed by atoms with Gasteiger partial charge in [-0.25, -0.2) is 0 Å². The Balaban J connectivity index is 2.25. The summed E-state index contributed by atoms with van der Waals surface area (Å²) in [7, 11) is 0. The second-order valence-electron chi connectivity index (χ2n) is 4.38. The first kappa shape index (κ1) is 15.2. The van der Waals surface area contributed by atoms with Crippen LogP contribution in [0.25, 0.3) is 16.8 Å². The number of pyridine rings is 1. The number of carbonyl (C=O) groups excluding carboxylic acids is 1. The van der Waals surface area contributed by atoms with Gasteiger partial charge in [-0.3, -0.25) is 19.9 Å². The zero-order valence-corrected chi connectivity index (χ0v) is 12.3. The molecule has 108 valence electrons. The van der Waals surface area contributed by atoms with E-state index in [2.05, 4.69) is 4.98 Å². The number of hydrogen-bond donors (Lipinski definition) is 0. The lowest BCUT2D eigenvalue weighted by molar-refractivity contribution is -0.383. The Hall–Kier alpha value is -2.21. The van der Waals surface area contributed by atoms with E-state index < -0.39 is 4.92 Å². The van der Waals surface area contributed by atoms with Crippen molar-refractivity contribution >= 4 is 39.4 Å². The molecule has 0 aliphatic carbocycles. The number of nitrogens with zero attached hydrogens (tertiary/aromatic N) is 2. The topological polar surface area (TPSA) is 73.1 Å². The highest BCUT2D eigenvalue weighted by Gasteiger charge is 2.12. The van der Waals surface area contributed by atoms with Crippen molar-refractivity contribution in [1.82, 2.24) is 4.98 Å². The summed E-state index contributed by atoms with van der Waals surface area (Å²) in [6.45, 7) is 1.55. The first-order valence-electron chi connectivity index (χ1n) is 6.40. The monoisotopic (exact) mass is 302 g/mol. The van der Waals surface area contributed by atoms with E-state index in [1.54, 1.807) is 25.3 Å². The van der Waals surface area contributed by atoms with E-state index in [4.69, 9.17) is 0 Å². The minimum absolute atomic E-state index is 0.0578. The summed E-state index contributed by atoms with van der Waals surface area (Å²) in [6, 6.07) is 5.00. The van der Waals surface area contributed by atoms with Crippen LogP contribution < -0.4 is 0 Å². The number of fused-ring (bicyclic) bond motifs is 1. The van der Waals surface area contributed by atoms with E-state index in [0.29, 0.717) is 5.39 Å². The quantitative estimate of drug-likeness (QED) is 0.477. The Labute approximate surface area is 126 Å². The number of aromatic nitrogens is 1. The largest absolute Gasteiger partial charge is 0.288 e. The SMILES string of the molecule is CC(=O)SCCC=Cc1ccc([N+](=O)[O-])c2cnccc12. The molecule has 0 aliphatic rings. The summed E-state index contributed by atoms with van der Waals surface area (Å²) in [5.74, 6) is 0.734. The van der Waals surface area contributed by atoms with E-state index in [1.165, 1.54) is 24.0 Å². The van der Waals surface area contributed by atoms with E-state index in [9.17, 15) is 14.9 Å². The minimum Gasteiger partial charge on any atom is -0.288 e. The van der Waals surface area contributed by atoms with Gasteiger partial charge in [0.15, 0.2) is 5.12 Å². The fourth-order valence-corrected chi connectivity index (χ4v) is 2.53. The lowest BCUT2D eigenvalue weighted by atomic mass is 10.0. The summed E-state index contributed by atoms with van der Waals surface area (Å²) in [4.78, 5) is 25.4. The maximum Gasteiger partial charge on any atom is 0.278 e. The molecule has 0 N–H and O–H groups in total. The van der Waals surface area contributed by atoms with Gasteiger partial charge in [-0.05, 0) is 29.5 Å². The second kappa shape index (κ2) is 6.99. The molecule has 2 aromatic rings.